The number of hydrogen-bond acceptors (Lipinski definition) is 2. The fourth-order valence-electron chi connectivity index (χ4n) is 2.56. The maximum Gasteiger partial charge on any atom is 0.242 e. The van der Waals surface area contributed by atoms with E-state index in [0.29, 0.717) is 0 Å². The van der Waals surface area contributed by atoms with E-state index in [2.05, 4.69) is 11.4 Å². The molecular weight excluding hydrogens is 260 g/mol. The van der Waals surface area contributed by atoms with Crippen LogP contribution in [0.3, 0.4) is 0 Å². The summed E-state index contributed by atoms with van der Waals surface area (Å²) in [5, 5.41) is 12.2. The zero-order valence-electron chi connectivity index (χ0n) is 11.4. The van der Waals surface area contributed by atoms with Crippen LogP contribution in [0.5, 0.6) is 0 Å². The Bertz CT molecular complexity index is 714. The smallest absolute Gasteiger partial charge is 0.242 e. The molecule has 2 aromatic carbocycles. The highest BCUT2D eigenvalue weighted by molar-refractivity contribution is 5.97. The van der Waals surface area contributed by atoms with Crippen molar-refractivity contribution in [3.05, 3.63) is 77.9 Å². The highest BCUT2D eigenvalue weighted by Gasteiger charge is 2.31. The molecule has 21 heavy (non-hydrogen) atoms. The molecule has 2 aromatic rings. The molecule has 1 amide bonds. The van der Waals surface area contributed by atoms with E-state index in [0.717, 1.165) is 16.7 Å². The van der Waals surface area contributed by atoms with Crippen molar-refractivity contribution in [3.63, 3.8) is 0 Å². The van der Waals surface area contributed by atoms with Crippen LogP contribution >= 0.6 is 0 Å². The van der Waals surface area contributed by atoms with E-state index in [-0.39, 0.29) is 11.9 Å². The van der Waals surface area contributed by atoms with E-state index in [1.54, 1.807) is 0 Å². The maximum atomic E-state index is 12.2. The summed E-state index contributed by atoms with van der Waals surface area (Å²) in [4.78, 5) is 12.2. The van der Waals surface area contributed by atoms with Crippen molar-refractivity contribution in [1.82, 2.24) is 5.32 Å². The van der Waals surface area contributed by atoms with Gasteiger partial charge in [-0.25, -0.2) is 0 Å². The molecule has 3 nitrogen and oxygen atoms in total. The predicted octanol–water partition coefficient (Wildman–Crippen LogP) is 3.08. The third-order valence-electron chi connectivity index (χ3n) is 3.61. The minimum absolute atomic E-state index is 0.196. The predicted molar refractivity (Wildman–Crippen MR) is 80.8 cm³/mol. The van der Waals surface area contributed by atoms with Crippen molar-refractivity contribution in [2.75, 3.05) is 0 Å². The van der Waals surface area contributed by atoms with E-state index in [1.165, 1.54) is 0 Å². The lowest BCUT2D eigenvalue weighted by atomic mass is 9.86. The summed E-state index contributed by atoms with van der Waals surface area (Å²) in [6.07, 6.45) is 1.97. The lowest BCUT2D eigenvalue weighted by Gasteiger charge is -2.26. The van der Waals surface area contributed by atoms with E-state index in [1.807, 2.05) is 66.7 Å². The number of hydrogen-bond donors (Lipinski definition) is 1. The molecule has 3 heteroatoms. The van der Waals surface area contributed by atoms with Crippen molar-refractivity contribution in [3.8, 4) is 6.07 Å². The lowest BCUT2D eigenvalue weighted by molar-refractivity contribution is -0.122. The van der Waals surface area contributed by atoms with Gasteiger partial charge in [-0.05, 0) is 16.7 Å². The Balaban J connectivity index is 2.07. The Morgan fingerprint density at radius 2 is 1.57 bits per heavy atom. The molecule has 1 aliphatic heterocycles. The van der Waals surface area contributed by atoms with Gasteiger partial charge in [0.25, 0.3) is 0 Å². The number of nitriles is 1. The molecule has 0 aliphatic carbocycles. The van der Waals surface area contributed by atoms with Gasteiger partial charge in [0.1, 0.15) is 0 Å². The van der Waals surface area contributed by atoms with Crippen LogP contribution in [0.1, 0.15) is 17.2 Å². The molecule has 0 bridgehead atoms. The molecule has 0 aromatic heterocycles. The minimum atomic E-state index is -0.757. The van der Waals surface area contributed by atoms with Gasteiger partial charge < -0.3 is 5.32 Å². The second kappa shape index (κ2) is 5.64. The van der Waals surface area contributed by atoms with Crippen molar-refractivity contribution in [2.45, 2.75) is 6.04 Å². The van der Waals surface area contributed by atoms with Gasteiger partial charge in [0.2, 0.25) is 5.91 Å². The first-order chi connectivity index (χ1) is 10.3. The highest BCUT2D eigenvalue weighted by atomic mass is 16.2. The van der Waals surface area contributed by atoms with Crippen molar-refractivity contribution < 1.29 is 4.79 Å². The second-order valence-electron chi connectivity index (χ2n) is 4.95. The standard InChI is InChI=1S/C18H14N2O/c19-12-16-15(13-7-3-1-4-8-13)11-17(20-18(16)21)14-9-5-2-6-10-14/h1-11,16-17H,(H,20,21)/t16-,17-/m0/s1. The second-order valence-corrected chi connectivity index (χ2v) is 4.95. The number of carbonyl (C=O) groups excluding carboxylic acids is 1. The molecule has 0 saturated heterocycles. The van der Waals surface area contributed by atoms with Gasteiger partial charge >= 0.3 is 0 Å². The summed E-state index contributed by atoms with van der Waals surface area (Å²) in [7, 11) is 0. The number of amides is 1. The molecule has 0 saturated carbocycles. The third kappa shape index (κ3) is 2.56. The molecule has 102 valence electrons. The monoisotopic (exact) mass is 274 g/mol. The number of carbonyl (C=O) groups is 1. The number of rotatable bonds is 2. The summed E-state index contributed by atoms with van der Waals surface area (Å²) in [6.45, 7) is 0. The van der Waals surface area contributed by atoms with Gasteiger partial charge in [0.05, 0.1) is 12.1 Å². The zero-order chi connectivity index (χ0) is 14.7. The van der Waals surface area contributed by atoms with Crippen LogP contribution in [0, 0.1) is 17.2 Å². The van der Waals surface area contributed by atoms with E-state index in [9.17, 15) is 10.1 Å². The van der Waals surface area contributed by atoms with Gasteiger partial charge in [0.15, 0.2) is 5.92 Å². The lowest BCUT2D eigenvalue weighted by Crippen LogP contribution is -2.37. The summed E-state index contributed by atoms with van der Waals surface area (Å²) >= 11 is 0. The molecule has 3 rings (SSSR count). The quantitative estimate of drug-likeness (QED) is 0.915. The molecule has 0 radical (unpaired) electrons. The largest absolute Gasteiger partial charge is 0.344 e. The highest BCUT2D eigenvalue weighted by Crippen LogP contribution is 2.31. The van der Waals surface area contributed by atoms with E-state index in [4.69, 9.17) is 0 Å². The van der Waals surface area contributed by atoms with Gasteiger partial charge in [-0.3, -0.25) is 4.79 Å². The first-order valence-corrected chi connectivity index (χ1v) is 6.81. The van der Waals surface area contributed by atoms with Crippen molar-refractivity contribution in [2.24, 2.45) is 5.92 Å². The average molecular weight is 274 g/mol. The molecular formula is C18H14N2O. The number of nitrogens with zero attached hydrogens (tertiary/aromatic N) is 1. The Morgan fingerprint density at radius 3 is 2.19 bits per heavy atom. The Labute approximate surface area is 123 Å². The van der Waals surface area contributed by atoms with Gasteiger partial charge in [0, 0.05) is 0 Å². The zero-order valence-corrected chi connectivity index (χ0v) is 11.4. The van der Waals surface area contributed by atoms with Gasteiger partial charge in [-0.15, -0.1) is 0 Å². The topological polar surface area (TPSA) is 52.9 Å². The average Bonchev–Trinajstić information content (AvgIpc) is 2.55. The van der Waals surface area contributed by atoms with Crippen molar-refractivity contribution in [1.29, 1.82) is 5.26 Å². The molecule has 1 heterocycles. The van der Waals surface area contributed by atoms with Crippen LogP contribution in [0.25, 0.3) is 5.57 Å². The fourth-order valence-corrected chi connectivity index (χ4v) is 2.56. The Kier molecular flexibility index (Phi) is 3.53. The summed E-state index contributed by atoms with van der Waals surface area (Å²) in [6, 6.07) is 21.2. The molecule has 2 atom stereocenters. The van der Waals surface area contributed by atoms with Crippen LogP contribution in [0.15, 0.2) is 66.7 Å². The Hall–Kier alpha value is -2.86. The van der Waals surface area contributed by atoms with E-state index >= 15 is 0 Å². The van der Waals surface area contributed by atoms with Crippen LogP contribution in [-0.2, 0) is 4.79 Å². The van der Waals surface area contributed by atoms with Crippen LogP contribution in [0.2, 0.25) is 0 Å². The van der Waals surface area contributed by atoms with Crippen LogP contribution in [0.4, 0.5) is 0 Å². The molecule has 1 N–H and O–H groups in total. The summed E-state index contributed by atoms with van der Waals surface area (Å²) in [5.41, 5.74) is 2.70. The van der Waals surface area contributed by atoms with Gasteiger partial charge in [-0.1, -0.05) is 66.7 Å². The van der Waals surface area contributed by atoms with Crippen LogP contribution < -0.4 is 5.32 Å². The molecule has 0 spiro atoms. The number of benzene rings is 2. The maximum absolute atomic E-state index is 12.2. The first kappa shape index (κ1) is 13.1. The van der Waals surface area contributed by atoms with Gasteiger partial charge in [-0.2, -0.15) is 5.26 Å². The molecule has 0 unspecified atom stereocenters. The normalized spacial score (nSPS) is 21.1. The molecule has 1 aliphatic rings. The fraction of sp³-hybridized carbons (Fsp3) is 0.111. The molecule has 0 fully saturated rings. The first-order valence-electron chi connectivity index (χ1n) is 6.81. The van der Waals surface area contributed by atoms with Crippen molar-refractivity contribution >= 4 is 11.5 Å². The SMILES string of the molecule is N#C[C@@H]1C(=O)N[C@H](c2ccccc2)C=C1c1ccccc1. The van der Waals surface area contributed by atoms with Crippen LogP contribution in [-0.4, -0.2) is 5.91 Å². The summed E-state index contributed by atoms with van der Waals surface area (Å²) < 4.78 is 0. The minimum Gasteiger partial charge on any atom is -0.344 e. The third-order valence-corrected chi connectivity index (χ3v) is 3.61. The number of nitrogens with one attached hydrogen (secondary N) is 1. The summed E-state index contributed by atoms with van der Waals surface area (Å²) in [5.74, 6) is -1.000. The Morgan fingerprint density at radius 1 is 0.952 bits per heavy atom. The van der Waals surface area contributed by atoms with E-state index < -0.39 is 5.92 Å².